The van der Waals surface area contributed by atoms with Crippen LogP contribution >= 0.6 is 0 Å². The molecule has 31 heavy (non-hydrogen) atoms. The van der Waals surface area contributed by atoms with E-state index < -0.39 is 4.92 Å². The summed E-state index contributed by atoms with van der Waals surface area (Å²) >= 11 is 0. The molecule has 0 aliphatic rings. The first-order valence-corrected chi connectivity index (χ1v) is 9.84. The minimum absolute atomic E-state index is 0.146. The number of benzene rings is 2. The summed E-state index contributed by atoms with van der Waals surface area (Å²) < 4.78 is 6.92. The van der Waals surface area contributed by atoms with Gasteiger partial charge >= 0.3 is 0 Å². The van der Waals surface area contributed by atoms with Gasteiger partial charge in [-0.05, 0) is 38.1 Å². The van der Waals surface area contributed by atoms with E-state index >= 15 is 0 Å². The standard InChI is InChI=1S/C22H25N5O4/c1-15-19(16(2)26(24-15)17-8-6-5-7-9-17)13-25(3)14-22(28)23-20-11-10-18(31-4)12-21(20)27(29)30/h5-12H,13-14H2,1-4H3,(H,23,28)/p+1. The Morgan fingerprint density at radius 2 is 1.94 bits per heavy atom. The fourth-order valence-electron chi connectivity index (χ4n) is 3.48. The van der Waals surface area contributed by atoms with Gasteiger partial charge in [-0.3, -0.25) is 14.9 Å². The van der Waals surface area contributed by atoms with Crippen LogP contribution in [-0.4, -0.2) is 41.3 Å². The van der Waals surface area contributed by atoms with Gasteiger partial charge in [0.1, 0.15) is 18.0 Å². The summed E-state index contributed by atoms with van der Waals surface area (Å²) in [5.74, 6) is 0.0466. The van der Waals surface area contributed by atoms with Crippen molar-refractivity contribution in [2.45, 2.75) is 20.4 Å². The number of nitrogens with zero attached hydrogens (tertiary/aromatic N) is 3. The second kappa shape index (κ2) is 9.40. The van der Waals surface area contributed by atoms with Crippen molar-refractivity contribution in [2.75, 3.05) is 26.0 Å². The lowest BCUT2D eigenvalue weighted by atomic mass is 10.2. The number of rotatable bonds is 8. The van der Waals surface area contributed by atoms with Crippen molar-refractivity contribution in [1.29, 1.82) is 0 Å². The van der Waals surface area contributed by atoms with E-state index in [0.717, 1.165) is 27.5 Å². The zero-order valence-corrected chi connectivity index (χ0v) is 18.0. The van der Waals surface area contributed by atoms with Crippen LogP contribution in [0.2, 0.25) is 0 Å². The molecule has 0 saturated heterocycles. The number of quaternary nitrogens is 1. The lowest BCUT2D eigenvalue weighted by molar-refractivity contribution is -0.885. The van der Waals surface area contributed by atoms with Gasteiger partial charge in [-0.2, -0.15) is 5.10 Å². The van der Waals surface area contributed by atoms with Crippen LogP contribution in [0.15, 0.2) is 48.5 Å². The molecular weight excluding hydrogens is 398 g/mol. The van der Waals surface area contributed by atoms with E-state index in [-0.39, 0.29) is 23.8 Å². The molecule has 1 amide bonds. The SMILES string of the molecule is COc1ccc(NC(=O)C[NH+](C)Cc2c(C)nn(-c3ccccc3)c2C)c([N+](=O)[O-])c1. The molecular formula is C22H26N5O4+. The summed E-state index contributed by atoms with van der Waals surface area (Å²) in [6, 6.07) is 14.2. The largest absolute Gasteiger partial charge is 0.496 e. The molecule has 3 aromatic rings. The van der Waals surface area contributed by atoms with Gasteiger partial charge < -0.3 is 15.0 Å². The van der Waals surface area contributed by atoms with E-state index in [1.165, 1.54) is 19.2 Å². The first-order chi connectivity index (χ1) is 14.8. The minimum atomic E-state index is -0.542. The van der Waals surface area contributed by atoms with Crippen molar-refractivity contribution in [3.05, 3.63) is 75.6 Å². The monoisotopic (exact) mass is 424 g/mol. The fraction of sp³-hybridized carbons (Fsp3) is 0.273. The number of para-hydroxylation sites is 1. The molecule has 162 valence electrons. The van der Waals surface area contributed by atoms with Gasteiger partial charge in [-0.1, -0.05) is 18.2 Å². The second-order valence-corrected chi connectivity index (χ2v) is 7.40. The molecule has 0 radical (unpaired) electrons. The second-order valence-electron chi connectivity index (χ2n) is 7.40. The van der Waals surface area contributed by atoms with Gasteiger partial charge in [0.15, 0.2) is 6.54 Å². The Kier molecular flexibility index (Phi) is 6.66. The third-order valence-electron chi connectivity index (χ3n) is 5.06. The van der Waals surface area contributed by atoms with Crippen LogP contribution in [0.3, 0.4) is 0 Å². The van der Waals surface area contributed by atoms with Crippen molar-refractivity contribution < 1.29 is 19.4 Å². The van der Waals surface area contributed by atoms with Crippen LogP contribution in [0.1, 0.15) is 17.0 Å². The van der Waals surface area contributed by atoms with E-state index in [4.69, 9.17) is 4.74 Å². The minimum Gasteiger partial charge on any atom is -0.496 e. The quantitative estimate of drug-likeness (QED) is 0.426. The number of amides is 1. The molecule has 2 N–H and O–H groups in total. The molecule has 9 heteroatoms. The summed E-state index contributed by atoms with van der Waals surface area (Å²) in [7, 11) is 3.33. The predicted molar refractivity (Wildman–Crippen MR) is 117 cm³/mol. The molecule has 9 nitrogen and oxygen atoms in total. The number of carbonyl (C=O) groups is 1. The normalized spacial score (nSPS) is 11.7. The van der Waals surface area contributed by atoms with Crippen molar-refractivity contribution in [1.82, 2.24) is 9.78 Å². The topological polar surface area (TPSA) is 104 Å². The van der Waals surface area contributed by atoms with Crippen LogP contribution in [0, 0.1) is 24.0 Å². The molecule has 1 heterocycles. The lowest BCUT2D eigenvalue weighted by Crippen LogP contribution is -3.08. The zero-order valence-electron chi connectivity index (χ0n) is 18.0. The van der Waals surface area contributed by atoms with Gasteiger partial charge in [0, 0.05) is 0 Å². The molecule has 3 rings (SSSR count). The van der Waals surface area contributed by atoms with E-state index in [0.29, 0.717) is 12.3 Å². The maximum atomic E-state index is 12.5. The summed E-state index contributed by atoms with van der Waals surface area (Å²) in [5.41, 5.74) is 3.93. The van der Waals surface area contributed by atoms with Gasteiger partial charge in [0.05, 0.1) is 47.8 Å². The summed E-state index contributed by atoms with van der Waals surface area (Å²) in [5, 5.41) is 18.6. The molecule has 2 aromatic carbocycles. The van der Waals surface area contributed by atoms with E-state index in [2.05, 4.69) is 10.4 Å². The van der Waals surface area contributed by atoms with Crippen LogP contribution in [0.5, 0.6) is 5.75 Å². The molecule has 1 aromatic heterocycles. The summed E-state index contributed by atoms with van der Waals surface area (Å²) in [6.45, 7) is 4.72. The van der Waals surface area contributed by atoms with Gasteiger partial charge in [-0.25, -0.2) is 4.68 Å². The predicted octanol–water partition coefficient (Wildman–Crippen LogP) is 2.06. The third kappa shape index (κ3) is 5.07. The number of methoxy groups -OCH3 is 1. The first-order valence-electron chi connectivity index (χ1n) is 9.84. The summed E-state index contributed by atoms with van der Waals surface area (Å²) in [4.78, 5) is 24.2. The Morgan fingerprint density at radius 1 is 1.23 bits per heavy atom. The molecule has 0 spiro atoms. The number of nitrogens with one attached hydrogen (secondary N) is 2. The van der Waals surface area contributed by atoms with Crippen LogP contribution in [0.25, 0.3) is 5.69 Å². The Morgan fingerprint density at radius 3 is 2.58 bits per heavy atom. The Labute approximate surface area is 180 Å². The van der Waals surface area contributed by atoms with E-state index in [1.807, 2.05) is 55.9 Å². The Balaban J connectivity index is 1.69. The van der Waals surface area contributed by atoms with E-state index in [9.17, 15) is 14.9 Å². The molecule has 1 unspecified atom stereocenters. The summed E-state index contributed by atoms with van der Waals surface area (Å²) in [6.07, 6.45) is 0. The van der Waals surface area contributed by atoms with E-state index in [1.54, 1.807) is 6.07 Å². The number of hydrogen-bond acceptors (Lipinski definition) is 5. The van der Waals surface area contributed by atoms with Crippen LogP contribution in [0.4, 0.5) is 11.4 Å². The molecule has 0 fully saturated rings. The average molecular weight is 424 g/mol. The third-order valence-corrected chi connectivity index (χ3v) is 5.06. The fourth-order valence-corrected chi connectivity index (χ4v) is 3.48. The maximum Gasteiger partial charge on any atom is 0.296 e. The molecule has 0 aliphatic heterocycles. The van der Waals surface area contributed by atoms with Crippen molar-refractivity contribution in [3.8, 4) is 11.4 Å². The number of likely N-dealkylation sites (N-methyl/N-ethyl adjacent to an activating group) is 1. The maximum absolute atomic E-state index is 12.5. The first kappa shape index (κ1) is 22.0. The number of hydrogen-bond donors (Lipinski definition) is 2. The number of nitro groups is 1. The molecule has 0 bridgehead atoms. The number of anilines is 1. The number of aryl methyl sites for hydroxylation is 1. The van der Waals surface area contributed by atoms with Crippen molar-refractivity contribution >= 4 is 17.3 Å². The molecule has 0 aliphatic carbocycles. The van der Waals surface area contributed by atoms with Crippen LogP contribution in [-0.2, 0) is 11.3 Å². The average Bonchev–Trinajstić information content (AvgIpc) is 3.02. The highest BCUT2D eigenvalue weighted by atomic mass is 16.6. The zero-order chi connectivity index (χ0) is 22.5. The lowest BCUT2D eigenvalue weighted by Gasteiger charge is -2.14. The molecule has 0 saturated carbocycles. The highest BCUT2D eigenvalue weighted by Crippen LogP contribution is 2.28. The number of aromatic nitrogens is 2. The van der Waals surface area contributed by atoms with Crippen LogP contribution < -0.4 is 15.0 Å². The van der Waals surface area contributed by atoms with Gasteiger partial charge in [-0.15, -0.1) is 0 Å². The Hall–Kier alpha value is -3.72. The van der Waals surface area contributed by atoms with Gasteiger partial charge in [0.2, 0.25) is 0 Å². The number of carbonyl (C=O) groups excluding carboxylic acids is 1. The highest BCUT2D eigenvalue weighted by Gasteiger charge is 2.21. The van der Waals surface area contributed by atoms with Crippen molar-refractivity contribution in [2.24, 2.45) is 0 Å². The highest BCUT2D eigenvalue weighted by molar-refractivity contribution is 5.93. The van der Waals surface area contributed by atoms with Gasteiger partial charge in [0.25, 0.3) is 11.6 Å². The number of nitro benzene ring substituents is 1. The smallest absolute Gasteiger partial charge is 0.296 e. The Bertz CT molecular complexity index is 1090. The molecule has 1 atom stereocenters. The number of ether oxygens (including phenoxy) is 1. The van der Waals surface area contributed by atoms with Crippen molar-refractivity contribution in [3.63, 3.8) is 0 Å².